The van der Waals surface area contributed by atoms with Crippen molar-refractivity contribution in [2.24, 2.45) is 16.6 Å². The molecule has 246 valence electrons. The van der Waals surface area contributed by atoms with Crippen molar-refractivity contribution in [3.8, 4) is 0 Å². The monoisotopic (exact) mass is 601 g/mol. The number of carbonyl (C=O) groups excluding carboxylic acids is 1. The molecular weight excluding hydrogens is 537 g/mol. The normalized spacial score (nSPS) is 17.5. The first-order valence-corrected chi connectivity index (χ1v) is 16.8. The summed E-state index contributed by atoms with van der Waals surface area (Å²) in [4.78, 5) is 18.7. The SMILES string of the molecule is C=C(C)CN=C1CCC/C1=C(/N)C(=O)N1CCC(O)CC1.CCCC.CCCCCC(C)CC.Cc1cccc(F)c1C. The van der Waals surface area contributed by atoms with Crippen LogP contribution in [-0.4, -0.2) is 47.4 Å². The van der Waals surface area contributed by atoms with Gasteiger partial charge in [0.2, 0.25) is 0 Å². The summed E-state index contributed by atoms with van der Waals surface area (Å²) in [7, 11) is 0. The molecule has 0 bridgehead atoms. The highest BCUT2D eigenvalue weighted by atomic mass is 19.1. The summed E-state index contributed by atoms with van der Waals surface area (Å²) in [5.41, 5.74) is 11.1. The minimum absolute atomic E-state index is 0.109. The number of unbranched alkanes of at least 4 members (excludes halogenated alkanes) is 3. The summed E-state index contributed by atoms with van der Waals surface area (Å²) < 4.78 is 12.6. The largest absolute Gasteiger partial charge is 0.394 e. The first kappa shape index (κ1) is 40.5. The summed E-state index contributed by atoms with van der Waals surface area (Å²) in [6.07, 6.45) is 13.3. The van der Waals surface area contributed by atoms with Crippen LogP contribution in [0.2, 0.25) is 0 Å². The lowest BCUT2D eigenvalue weighted by Gasteiger charge is -2.30. The van der Waals surface area contributed by atoms with E-state index < -0.39 is 0 Å². The highest BCUT2D eigenvalue weighted by Crippen LogP contribution is 2.25. The molecule has 2 fully saturated rings. The molecule has 43 heavy (non-hydrogen) atoms. The molecule has 6 heteroatoms. The Kier molecular flexibility index (Phi) is 22.5. The van der Waals surface area contributed by atoms with Gasteiger partial charge in [0, 0.05) is 24.4 Å². The van der Waals surface area contributed by atoms with E-state index in [1.807, 2.05) is 19.9 Å². The number of rotatable bonds is 9. The third-order valence-corrected chi connectivity index (χ3v) is 8.07. The van der Waals surface area contributed by atoms with Crippen molar-refractivity contribution < 1.29 is 14.3 Å². The molecule has 0 radical (unpaired) electrons. The lowest BCUT2D eigenvalue weighted by molar-refractivity contribution is -0.129. The molecule has 1 heterocycles. The van der Waals surface area contributed by atoms with Gasteiger partial charge >= 0.3 is 0 Å². The Morgan fingerprint density at radius 1 is 1.09 bits per heavy atom. The van der Waals surface area contributed by atoms with Crippen molar-refractivity contribution in [3.63, 3.8) is 0 Å². The first-order valence-electron chi connectivity index (χ1n) is 16.8. The lowest BCUT2D eigenvalue weighted by atomic mass is 10.0. The number of hydrogen-bond donors (Lipinski definition) is 2. The van der Waals surface area contributed by atoms with Gasteiger partial charge in [-0.05, 0) is 76.0 Å². The number of carbonyl (C=O) groups is 1. The summed E-state index contributed by atoms with van der Waals surface area (Å²) in [5, 5.41) is 9.51. The van der Waals surface area contributed by atoms with Gasteiger partial charge in [0.15, 0.2) is 0 Å². The molecule has 1 saturated heterocycles. The van der Waals surface area contributed by atoms with Crippen molar-refractivity contribution in [1.29, 1.82) is 0 Å². The predicted octanol–water partition coefficient (Wildman–Crippen LogP) is 9.25. The van der Waals surface area contributed by atoms with Gasteiger partial charge in [-0.3, -0.25) is 9.79 Å². The number of hydrogen-bond acceptors (Lipinski definition) is 4. The molecule has 3 rings (SSSR count). The molecule has 1 unspecified atom stereocenters. The van der Waals surface area contributed by atoms with Crippen molar-refractivity contribution in [2.45, 2.75) is 139 Å². The van der Waals surface area contributed by atoms with Crippen LogP contribution in [0.5, 0.6) is 0 Å². The number of benzene rings is 1. The summed E-state index contributed by atoms with van der Waals surface area (Å²) in [6, 6.07) is 5.10. The standard InChI is InChI=1S/C16H25N3O2.C9H20.C8H9F.C4H10/c1-11(2)10-18-14-5-3-4-13(14)15(17)16(21)19-8-6-12(20)7-9-19;1-4-6-7-8-9(3)5-2;1-6-4-3-5-8(9)7(6)2;1-3-4-2/h12,20H,1,3-10,17H2,2H3;9H,4-8H2,1-3H3;3-5H,1-2H3;3-4H2,1-2H3/b15-13-,18-14?;;;. The summed E-state index contributed by atoms with van der Waals surface area (Å²) in [6.45, 7) is 22.5. The Labute approximate surface area is 263 Å². The molecule has 1 saturated carbocycles. The molecule has 1 amide bonds. The number of piperidine rings is 1. The molecule has 3 N–H and O–H groups in total. The Morgan fingerprint density at radius 2 is 1.72 bits per heavy atom. The summed E-state index contributed by atoms with van der Waals surface area (Å²) in [5.74, 6) is 0.730. The zero-order chi connectivity index (χ0) is 32.8. The molecule has 5 nitrogen and oxygen atoms in total. The van der Waals surface area contributed by atoms with Gasteiger partial charge in [-0.1, -0.05) is 104 Å². The number of likely N-dealkylation sites (tertiary alicyclic amines) is 1. The average Bonchev–Trinajstić information content (AvgIpc) is 3.48. The first-order chi connectivity index (χ1) is 20.4. The van der Waals surface area contributed by atoms with E-state index in [4.69, 9.17) is 5.73 Å². The maximum Gasteiger partial charge on any atom is 0.270 e. The van der Waals surface area contributed by atoms with Gasteiger partial charge in [-0.2, -0.15) is 0 Å². The minimum Gasteiger partial charge on any atom is -0.394 e. The molecule has 1 aromatic carbocycles. The van der Waals surface area contributed by atoms with Gasteiger partial charge in [0.1, 0.15) is 11.5 Å². The van der Waals surface area contributed by atoms with E-state index in [2.05, 4.69) is 46.2 Å². The number of aryl methyl sites for hydroxylation is 1. The van der Waals surface area contributed by atoms with Crippen LogP contribution in [0.25, 0.3) is 0 Å². The second-order valence-corrected chi connectivity index (χ2v) is 12.2. The van der Waals surface area contributed by atoms with Gasteiger partial charge < -0.3 is 15.7 Å². The van der Waals surface area contributed by atoms with Crippen LogP contribution in [0.3, 0.4) is 0 Å². The number of nitrogens with zero attached hydrogens (tertiary/aromatic N) is 2. The highest BCUT2D eigenvalue weighted by molar-refractivity contribution is 6.09. The van der Waals surface area contributed by atoms with Crippen LogP contribution in [0.15, 0.2) is 46.6 Å². The smallest absolute Gasteiger partial charge is 0.270 e. The number of allylic oxidation sites excluding steroid dienone is 1. The zero-order valence-electron chi connectivity index (χ0n) is 28.9. The molecule has 0 spiro atoms. The fourth-order valence-corrected chi connectivity index (χ4v) is 4.45. The molecule has 0 aromatic heterocycles. The fourth-order valence-electron chi connectivity index (χ4n) is 4.45. The Morgan fingerprint density at radius 3 is 2.21 bits per heavy atom. The maximum absolute atomic E-state index is 12.6. The number of aliphatic hydroxyl groups is 1. The topological polar surface area (TPSA) is 78.9 Å². The molecule has 1 aliphatic heterocycles. The predicted molar refractivity (Wildman–Crippen MR) is 184 cm³/mol. The lowest BCUT2D eigenvalue weighted by Crippen LogP contribution is -2.42. The Balaban J connectivity index is 0.000000662. The van der Waals surface area contributed by atoms with E-state index in [0.29, 0.717) is 38.2 Å². The Bertz CT molecular complexity index is 971. The number of nitrogens with two attached hydrogens (primary N) is 1. The van der Waals surface area contributed by atoms with Gasteiger partial charge in [0.05, 0.1) is 12.6 Å². The van der Waals surface area contributed by atoms with Crippen LogP contribution in [0.1, 0.15) is 130 Å². The van der Waals surface area contributed by atoms with Crippen LogP contribution >= 0.6 is 0 Å². The second-order valence-electron chi connectivity index (χ2n) is 12.2. The van der Waals surface area contributed by atoms with E-state index in [9.17, 15) is 14.3 Å². The van der Waals surface area contributed by atoms with Crippen molar-refractivity contribution in [1.82, 2.24) is 4.90 Å². The fraction of sp³-hybridized carbons (Fsp3) is 0.676. The van der Waals surface area contributed by atoms with Crippen LogP contribution in [0.4, 0.5) is 4.39 Å². The van der Waals surface area contributed by atoms with E-state index in [0.717, 1.165) is 53.2 Å². The van der Waals surface area contributed by atoms with Crippen LogP contribution in [-0.2, 0) is 4.79 Å². The van der Waals surface area contributed by atoms with Crippen LogP contribution < -0.4 is 5.73 Å². The van der Waals surface area contributed by atoms with E-state index >= 15 is 0 Å². The van der Waals surface area contributed by atoms with E-state index in [-0.39, 0.29) is 17.8 Å². The van der Waals surface area contributed by atoms with Gasteiger partial charge in [-0.15, -0.1) is 0 Å². The third-order valence-electron chi connectivity index (χ3n) is 8.07. The Hall–Kier alpha value is -2.47. The molecule has 1 aromatic rings. The molecule has 1 atom stereocenters. The van der Waals surface area contributed by atoms with E-state index in [1.165, 1.54) is 51.0 Å². The van der Waals surface area contributed by atoms with E-state index in [1.54, 1.807) is 17.9 Å². The quantitative estimate of drug-likeness (QED) is 0.168. The van der Waals surface area contributed by atoms with Crippen molar-refractivity contribution in [3.05, 3.63) is 58.6 Å². The number of aliphatic imine (C=N–C) groups is 1. The average molecular weight is 602 g/mol. The number of halogens is 1. The van der Waals surface area contributed by atoms with Gasteiger partial charge in [0.25, 0.3) is 5.91 Å². The summed E-state index contributed by atoms with van der Waals surface area (Å²) >= 11 is 0. The third kappa shape index (κ3) is 17.4. The highest BCUT2D eigenvalue weighted by Gasteiger charge is 2.27. The zero-order valence-corrected chi connectivity index (χ0v) is 28.9. The maximum atomic E-state index is 12.6. The second kappa shape index (κ2) is 23.9. The molecule has 2 aliphatic rings. The molecule has 1 aliphatic carbocycles. The van der Waals surface area contributed by atoms with Crippen molar-refractivity contribution >= 4 is 11.6 Å². The molecular formula is C37H64FN3O2. The number of aliphatic hydroxyl groups excluding tert-OH is 1. The van der Waals surface area contributed by atoms with Gasteiger partial charge in [-0.25, -0.2) is 4.39 Å². The minimum atomic E-state index is -0.290. The van der Waals surface area contributed by atoms with Crippen LogP contribution in [0, 0.1) is 25.6 Å². The number of amides is 1. The van der Waals surface area contributed by atoms with Crippen molar-refractivity contribution in [2.75, 3.05) is 19.6 Å².